The monoisotopic (exact) mass is 551 g/mol. The molecule has 0 saturated heterocycles. The van der Waals surface area contributed by atoms with Gasteiger partial charge in [0.25, 0.3) is 0 Å². The van der Waals surface area contributed by atoms with Crippen molar-refractivity contribution >= 4 is 49.4 Å². The van der Waals surface area contributed by atoms with E-state index in [0.29, 0.717) is 17.5 Å². The van der Waals surface area contributed by atoms with Crippen LogP contribution in [0, 0.1) is 0 Å². The fraction of sp³-hybridized carbons (Fsp3) is 0.0263. The molecule has 5 nitrogen and oxygen atoms in total. The first-order valence-electron chi connectivity index (χ1n) is 14.3. The molecule has 1 atom stereocenters. The average molecular weight is 552 g/mol. The van der Waals surface area contributed by atoms with Crippen molar-refractivity contribution in [3.8, 4) is 22.8 Å². The molecule has 1 unspecified atom stereocenters. The van der Waals surface area contributed by atoms with Crippen molar-refractivity contribution in [2.24, 2.45) is 0 Å². The number of benzene rings is 6. The lowest BCUT2D eigenvalue weighted by molar-refractivity contribution is 0.594. The summed E-state index contributed by atoms with van der Waals surface area (Å²) in [4.78, 5) is 15.1. The number of rotatable bonds is 3. The lowest BCUT2D eigenvalue weighted by atomic mass is 9.96. The third-order valence-electron chi connectivity index (χ3n) is 8.33. The van der Waals surface area contributed by atoms with E-state index >= 15 is 0 Å². The van der Waals surface area contributed by atoms with Crippen LogP contribution in [0.2, 0.25) is 0 Å². The largest absolute Gasteiger partial charge is 0.678 e. The first-order chi connectivity index (χ1) is 21.3. The van der Waals surface area contributed by atoms with Crippen LogP contribution in [-0.4, -0.2) is 15.0 Å². The second-order valence-electron chi connectivity index (χ2n) is 10.8. The Kier molecular flexibility index (Phi) is 5.19. The van der Waals surface area contributed by atoms with E-state index in [1.807, 2.05) is 54.6 Å². The first kappa shape index (κ1) is 23.9. The van der Waals surface area contributed by atoms with Gasteiger partial charge in [-0.2, -0.15) is 6.20 Å². The topological polar surface area (TPSA) is 65.9 Å². The molecule has 3 heterocycles. The SMILES string of the molecule is C1=Cc2oc3ccccc3c2C(c2nc(-c3ccccc3)nc(-c3ccc4ccc5c6ccccc6ccc5c4c3)n2)[N-]1. The second-order valence-corrected chi connectivity index (χ2v) is 10.8. The van der Waals surface area contributed by atoms with Crippen molar-refractivity contribution in [2.45, 2.75) is 6.04 Å². The van der Waals surface area contributed by atoms with Crippen LogP contribution in [0.15, 0.2) is 132 Å². The normalized spacial score (nSPS) is 14.4. The Morgan fingerprint density at radius 3 is 2.07 bits per heavy atom. The summed E-state index contributed by atoms with van der Waals surface area (Å²) in [5, 5.41) is 13.1. The highest BCUT2D eigenvalue weighted by Crippen LogP contribution is 2.42. The zero-order valence-electron chi connectivity index (χ0n) is 23.0. The number of aromatic nitrogens is 3. The molecule has 0 aliphatic carbocycles. The lowest BCUT2D eigenvalue weighted by Gasteiger charge is -2.31. The van der Waals surface area contributed by atoms with Crippen molar-refractivity contribution in [1.82, 2.24) is 15.0 Å². The fourth-order valence-corrected chi connectivity index (χ4v) is 6.27. The molecule has 8 aromatic rings. The predicted octanol–water partition coefficient (Wildman–Crippen LogP) is 9.86. The van der Waals surface area contributed by atoms with E-state index in [9.17, 15) is 0 Å². The third kappa shape index (κ3) is 3.82. The lowest BCUT2D eigenvalue weighted by Crippen LogP contribution is -2.10. The number of nitrogens with zero attached hydrogens (tertiary/aromatic N) is 4. The molecule has 0 amide bonds. The van der Waals surface area contributed by atoms with Crippen molar-refractivity contribution in [1.29, 1.82) is 0 Å². The molecule has 1 aliphatic heterocycles. The minimum absolute atomic E-state index is 0.416. The summed E-state index contributed by atoms with van der Waals surface area (Å²) < 4.78 is 6.17. The number of para-hydroxylation sites is 1. The maximum atomic E-state index is 6.17. The van der Waals surface area contributed by atoms with Crippen LogP contribution in [0.1, 0.15) is 23.2 Å². The van der Waals surface area contributed by atoms with Gasteiger partial charge in [0.1, 0.15) is 17.2 Å². The van der Waals surface area contributed by atoms with Gasteiger partial charge >= 0.3 is 0 Å². The third-order valence-corrected chi connectivity index (χ3v) is 8.33. The van der Waals surface area contributed by atoms with Crippen molar-refractivity contribution in [2.75, 3.05) is 0 Å². The number of hydrogen-bond donors (Lipinski definition) is 0. The van der Waals surface area contributed by atoms with Crippen LogP contribution in [0.4, 0.5) is 0 Å². The summed E-state index contributed by atoms with van der Waals surface area (Å²) in [5.74, 6) is 2.60. The van der Waals surface area contributed by atoms with Gasteiger partial charge in [-0.3, -0.25) is 0 Å². The van der Waals surface area contributed by atoms with Crippen LogP contribution in [0.25, 0.3) is 77.5 Å². The van der Waals surface area contributed by atoms with E-state index in [1.165, 1.54) is 26.9 Å². The Morgan fingerprint density at radius 2 is 1.21 bits per heavy atom. The standard InChI is InChI=1S/C38H23N4O/c1-2-9-25(10-3-1)36-40-37(42-38(41-36)35-34-30-12-6-7-13-32(30)43-33(34)20-21-39-35)26-15-14-24-17-18-28-27-11-5-4-8-23(27)16-19-29(28)31(24)22-26/h1-22,35H/q-1. The molecule has 0 N–H and O–H groups in total. The molecule has 1 aliphatic rings. The first-order valence-corrected chi connectivity index (χ1v) is 14.3. The maximum absolute atomic E-state index is 6.17. The molecule has 0 saturated carbocycles. The van der Waals surface area contributed by atoms with Crippen molar-refractivity contribution in [3.05, 3.63) is 150 Å². The van der Waals surface area contributed by atoms with Crippen LogP contribution >= 0.6 is 0 Å². The molecular weight excluding hydrogens is 528 g/mol. The molecule has 0 bridgehead atoms. The Labute approximate surface area is 247 Å². The Hall–Kier alpha value is -5.81. The molecule has 43 heavy (non-hydrogen) atoms. The van der Waals surface area contributed by atoms with Gasteiger partial charge in [-0.25, -0.2) is 15.0 Å². The van der Waals surface area contributed by atoms with E-state index in [1.54, 1.807) is 6.20 Å². The number of fused-ring (bicyclic) bond motifs is 8. The van der Waals surface area contributed by atoms with Crippen LogP contribution < -0.4 is 0 Å². The minimum atomic E-state index is -0.416. The Morgan fingerprint density at radius 1 is 0.535 bits per heavy atom. The van der Waals surface area contributed by atoms with Crippen LogP contribution in [0.5, 0.6) is 0 Å². The Bertz CT molecular complexity index is 2390. The van der Waals surface area contributed by atoms with E-state index in [2.05, 4.69) is 72.8 Å². The summed E-state index contributed by atoms with van der Waals surface area (Å²) in [7, 11) is 0. The summed E-state index contributed by atoms with van der Waals surface area (Å²) in [6.45, 7) is 0. The predicted molar refractivity (Wildman–Crippen MR) is 174 cm³/mol. The number of hydrogen-bond acceptors (Lipinski definition) is 4. The van der Waals surface area contributed by atoms with Gasteiger partial charge in [0.2, 0.25) is 0 Å². The molecule has 9 rings (SSSR count). The van der Waals surface area contributed by atoms with Crippen molar-refractivity contribution in [3.63, 3.8) is 0 Å². The van der Waals surface area contributed by atoms with Gasteiger partial charge in [-0.05, 0) is 62.1 Å². The van der Waals surface area contributed by atoms with Gasteiger partial charge in [0.05, 0.1) is 0 Å². The molecule has 2 aromatic heterocycles. The molecule has 0 fully saturated rings. The van der Waals surface area contributed by atoms with E-state index in [-0.39, 0.29) is 0 Å². The molecule has 6 aromatic carbocycles. The van der Waals surface area contributed by atoms with Gasteiger partial charge in [0, 0.05) is 16.5 Å². The Balaban J connectivity index is 1.27. The molecule has 0 spiro atoms. The van der Waals surface area contributed by atoms with Crippen LogP contribution in [0.3, 0.4) is 0 Å². The van der Waals surface area contributed by atoms with Gasteiger partial charge in [-0.1, -0.05) is 109 Å². The smallest absolute Gasteiger partial charge is 0.163 e. The fourth-order valence-electron chi connectivity index (χ4n) is 6.27. The maximum Gasteiger partial charge on any atom is 0.163 e. The van der Waals surface area contributed by atoms with Crippen LogP contribution in [-0.2, 0) is 0 Å². The molecule has 0 radical (unpaired) electrons. The highest BCUT2D eigenvalue weighted by atomic mass is 16.3. The molecule has 5 heteroatoms. The van der Waals surface area contributed by atoms with E-state index < -0.39 is 6.04 Å². The quantitative estimate of drug-likeness (QED) is 0.205. The zero-order chi connectivity index (χ0) is 28.3. The van der Waals surface area contributed by atoms with E-state index in [4.69, 9.17) is 24.7 Å². The summed E-state index contributed by atoms with van der Waals surface area (Å²) >= 11 is 0. The average Bonchev–Trinajstić information content (AvgIpc) is 3.47. The van der Waals surface area contributed by atoms with Crippen molar-refractivity contribution < 1.29 is 4.42 Å². The molecular formula is C38H23N4O-. The van der Waals surface area contributed by atoms with Gasteiger partial charge < -0.3 is 9.73 Å². The van der Waals surface area contributed by atoms with Gasteiger partial charge in [0.15, 0.2) is 11.6 Å². The van der Waals surface area contributed by atoms with E-state index in [0.717, 1.165) is 38.8 Å². The minimum Gasteiger partial charge on any atom is -0.678 e. The summed E-state index contributed by atoms with van der Waals surface area (Å²) in [6.07, 6.45) is 3.69. The molecule has 202 valence electrons. The highest BCUT2D eigenvalue weighted by Gasteiger charge is 2.23. The highest BCUT2D eigenvalue weighted by molar-refractivity contribution is 6.17. The second kappa shape index (κ2) is 9.36. The zero-order valence-corrected chi connectivity index (χ0v) is 23.0. The van der Waals surface area contributed by atoms with Gasteiger partial charge in [-0.15, -0.1) is 0 Å². The summed E-state index contributed by atoms with van der Waals surface area (Å²) in [5.41, 5.74) is 3.66. The summed E-state index contributed by atoms with van der Waals surface area (Å²) in [6, 6.07) is 41.5. The number of furan rings is 1.